The molecule has 2 aromatic carbocycles. The third-order valence-electron chi connectivity index (χ3n) is 3.84. The van der Waals surface area contributed by atoms with E-state index < -0.39 is 0 Å². The maximum absolute atomic E-state index is 12.4. The Hall–Kier alpha value is -2.47. The first-order valence-electron chi connectivity index (χ1n) is 7.72. The highest BCUT2D eigenvalue weighted by Gasteiger charge is 2.13. The Morgan fingerprint density at radius 2 is 2.04 bits per heavy atom. The average molecular weight is 404 g/mol. The van der Waals surface area contributed by atoms with Crippen molar-refractivity contribution in [2.24, 2.45) is 0 Å². The van der Waals surface area contributed by atoms with Gasteiger partial charge in [-0.05, 0) is 42.0 Å². The van der Waals surface area contributed by atoms with Gasteiger partial charge in [-0.25, -0.2) is 0 Å². The lowest BCUT2D eigenvalue weighted by molar-refractivity contribution is -0.125. The van der Waals surface area contributed by atoms with Gasteiger partial charge in [-0.1, -0.05) is 22.0 Å². The highest BCUT2D eigenvalue weighted by Crippen LogP contribution is 2.32. The molecule has 1 aliphatic rings. The molecule has 0 bridgehead atoms. The van der Waals surface area contributed by atoms with Gasteiger partial charge in [-0.2, -0.15) is 0 Å². The molecule has 0 radical (unpaired) electrons. The maximum atomic E-state index is 12.4. The Balaban J connectivity index is 1.67. The van der Waals surface area contributed by atoms with Crippen molar-refractivity contribution < 1.29 is 19.0 Å². The molecule has 0 N–H and O–H groups in total. The molecule has 0 spiro atoms. The smallest absolute Gasteiger partial charge is 0.246 e. The third-order valence-corrected chi connectivity index (χ3v) is 4.33. The Kier molecular flexibility index (Phi) is 5.28. The zero-order valence-electron chi connectivity index (χ0n) is 14.0. The number of fused-ring (bicyclic) bond motifs is 1. The lowest BCUT2D eigenvalue weighted by Gasteiger charge is -2.17. The van der Waals surface area contributed by atoms with E-state index in [0.717, 1.165) is 27.1 Å². The van der Waals surface area contributed by atoms with E-state index in [2.05, 4.69) is 15.9 Å². The highest BCUT2D eigenvalue weighted by molar-refractivity contribution is 9.10. The molecule has 0 unspecified atom stereocenters. The summed E-state index contributed by atoms with van der Waals surface area (Å²) in [5.74, 6) is 2.08. The van der Waals surface area contributed by atoms with Crippen LogP contribution in [0.25, 0.3) is 6.08 Å². The van der Waals surface area contributed by atoms with Crippen molar-refractivity contribution in [3.63, 3.8) is 0 Å². The molecule has 25 heavy (non-hydrogen) atoms. The Bertz CT molecular complexity index is 819. The molecule has 2 aromatic rings. The SMILES string of the molecule is COc1ccc(Br)cc1CN(C)C(=O)C=Cc1ccc2c(c1)OCO2. The van der Waals surface area contributed by atoms with Gasteiger partial charge in [-0.3, -0.25) is 4.79 Å². The second kappa shape index (κ2) is 7.61. The number of hydrogen-bond donors (Lipinski definition) is 0. The van der Waals surface area contributed by atoms with E-state index in [0.29, 0.717) is 12.3 Å². The molecule has 3 rings (SSSR count). The van der Waals surface area contributed by atoms with Gasteiger partial charge in [0.15, 0.2) is 11.5 Å². The molecule has 5 nitrogen and oxygen atoms in total. The first kappa shape index (κ1) is 17.4. The number of carbonyl (C=O) groups excluding carboxylic acids is 1. The van der Waals surface area contributed by atoms with Gasteiger partial charge in [-0.15, -0.1) is 0 Å². The second-order valence-electron chi connectivity index (χ2n) is 5.60. The predicted octanol–water partition coefficient (Wildman–Crippen LogP) is 3.86. The monoisotopic (exact) mass is 403 g/mol. The number of carbonyl (C=O) groups is 1. The number of ether oxygens (including phenoxy) is 3. The number of benzene rings is 2. The Morgan fingerprint density at radius 1 is 1.24 bits per heavy atom. The number of methoxy groups -OCH3 is 1. The van der Waals surface area contributed by atoms with Gasteiger partial charge in [0, 0.05) is 29.7 Å². The molecule has 1 aliphatic heterocycles. The van der Waals surface area contributed by atoms with Crippen LogP contribution in [0.2, 0.25) is 0 Å². The lowest BCUT2D eigenvalue weighted by atomic mass is 10.1. The lowest BCUT2D eigenvalue weighted by Crippen LogP contribution is -2.24. The molecule has 6 heteroatoms. The quantitative estimate of drug-likeness (QED) is 0.711. The zero-order valence-corrected chi connectivity index (χ0v) is 15.6. The van der Waals surface area contributed by atoms with Crippen molar-refractivity contribution in [2.75, 3.05) is 21.0 Å². The van der Waals surface area contributed by atoms with Crippen LogP contribution in [-0.4, -0.2) is 31.8 Å². The molecular weight excluding hydrogens is 386 g/mol. The summed E-state index contributed by atoms with van der Waals surface area (Å²) in [4.78, 5) is 14.0. The molecule has 1 amide bonds. The normalized spacial score (nSPS) is 12.4. The Labute approximate surface area is 154 Å². The van der Waals surface area contributed by atoms with Crippen LogP contribution in [-0.2, 0) is 11.3 Å². The van der Waals surface area contributed by atoms with Crippen molar-refractivity contribution in [1.29, 1.82) is 0 Å². The van der Waals surface area contributed by atoms with Crippen molar-refractivity contribution in [2.45, 2.75) is 6.54 Å². The van der Waals surface area contributed by atoms with Gasteiger partial charge in [0.1, 0.15) is 5.75 Å². The van der Waals surface area contributed by atoms with Gasteiger partial charge in [0.05, 0.1) is 7.11 Å². The summed E-state index contributed by atoms with van der Waals surface area (Å²) in [6.07, 6.45) is 3.31. The molecule has 130 valence electrons. The number of halogens is 1. The molecule has 0 saturated heterocycles. The van der Waals surface area contributed by atoms with Crippen molar-refractivity contribution in [1.82, 2.24) is 4.90 Å². The summed E-state index contributed by atoms with van der Waals surface area (Å²) in [6.45, 7) is 0.686. The fourth-order valence-corrected chi connectivity index (χ4v) is 2.92. The fraction of sp³-hybridized carbons (Fsp3) is 0.211. The van der Waals surface area contributed by atoms with E-state index in [9.17, 15) is 4.79 Å². The van der Waals surface area contributed by atoms with E-state index in [4.69, 9.17) is 14.2 Å². The topological polar surface area (TPSA) is 48.0 Å². The molecule has 0 aliphatic carbocycles. The number of rotatable bonds is 5. The van der Waals surface area contributed by atoms with Crippen LogP contribution < -0.4 is 14.2 Å². The summed E-state index contributed by atoms with van der Waals surface area (Å²) in [5.41, 5.74) is 1.82. The fourth-order valence-electron chi connectivity index (χ4n) is 2.52. The van der Waals surface area contributed by atoms with E-state index in [1.165, 1.54) is 0 Å². The molecule has 1 heterocycles. The van der Waals surface area contributed by atoms with Gasteiger partial charge in [0.25, 0.3) is 0 Å². The Morgan fingerprint density at radius 3 is 2.84 bits per heavy atom. The number of likely N-dealkylation sites (N-methyl/N-ethyl adjacent to an activating group) is 1. The molecule has 0 fully saturated rings. The van der Waals surface area contributed by atoms with Crippen LogP contribution in [0, 0.1) is 0 Å². The highest BCUT2D eigenvalue weighted by atomic mass is 79.9. The third kappa shape index (κ3) is 4.14. The van der Waals surface area contributed by atoms with Gasteiger partial charge < -0.3 is 19.1 Å². The van der Waals surface area contributed by atoms with Crippen LogP contribution in [0.1, 0.15) is 11.1 Å². The summed E-state index contributed by atoms with van der Waals surface area (Å²) >= 11 is 3.44. The summed E-state index contributed by atoms with van der Waals surface area (Å²) in [5, 5.41) is 0. The second-order valence-corrected chi connectivity index (χ2v) is 6.51. The molecule has 0 aromatic heterocycles. The standard InChI is InChI=1S/C19H18BrNO4/c1-21(11-14-10-15(20)5-7-16(14)23-2)19(22)8-4-13-3-6-17-18(9-13)25-12-24-17/h3-10H,11-12H2,1-2H3. The van der Waals surface area contributed by atoms with Crippen molar-refractivity contribution in [3.05, 3.63) is 58.1 Å². The minimum Gasteiger partial charge on any atom is -0.496 e. The average Bonchev–Trinajstić information content (AvgIpc) is 3.07. The number of amides is 1. The van der Waals surface area contributed by atoms with Gasteiger partial charge in [0.2, 0.25) is 12.7 Å². The van der Waals surface area contributed by atoms with Gasteiger partial charge >= 0.3 is 0 Å². The summed E-state index contributed by atoms with van der Waals surface area (Å²) in [6, 6.07) is 11.3. The zero-order chi connectivity index (χ0) is 17.8. The van der Waals surface area contributed by atoms with Crippen LogP contribution >= 0.6 is 15.9 Å². The number of nitrogens with zero attached hydrogens (tertiary/aromatic N) is 1. The van der Waals surface area contributed by atoms with E-state index in [1.54, 1.807) is 31.2 Å². The molecule has 0 atom stereocenters. The maximum Gasteiger partial charge on any atom is 0.246 e. The van der Waals surface area contributed by atoms with Crippen LogP contribution in [0.5, 0.6) is 17.2 Å². The predicted molar refractivity (Wildman–Crippen MR) is 98.8 cm³/mol. The first-order valence-corrected chi connectivity index (χ1v) is 8.51. The van der Waals surface area contributed by atoms with E-state index in [-0.39, 0.29) is 12.7 Å². The van der Waals surface area contributed by atoms with Crippen molar-refractivity contribution >= 4 is 27.9 Å². The minimum absolute atomic E-state index is 0.0975. The van der Waals surface area contributed by atoms with Crippen molar-refractivity contribution in [3.8, 4) is 17.2 Å². The van der Waals surface area contributed by atoms with E-state index in [1.807, 2.05) is 36.4 Å². The number of hydrogen-bond acceptors (Lipinski definition) is 4. The largest absolute Gasteiger partial charge is 0.496 e. The molecular formula is C19H18BrNO4. The molecule has 0 saturated carbocycles. The first-order chi connectivity index (χ1) is 12.1. The van der Waals surface area contributed by atoms with Crippen LogP contribution in [0.4, 0.5) is 0 Å². The van der Waals surface area contributed by atoms with Crippen LogP contribution in [0.3, 0.4) is 0 Å². The minimum atomic E-state index is -0.0975. The summed E-state index contributed by atoms with van der Waals surface area (Å²) < 4.78 is 16.9. The van der Waals surface area contributed by atoms with E-state index >= 15 is 0 Å². The van der Waals surface area contributed by atoms with Crippen LogP contribution in [0.15, 0.2) is 46.9 Å². The summed E-state index contributed by atoms with van der Waals surface area (Å²) in [7, 11) is 3.38.